The number of fused-ring (bicyclic) bond motifs is 2. The van der Waals surface area contributed by atoms with E-state index in [1.807, 2.05) is 48.5 Å². The monoisotopic (exact) mass is 430 g/mol. The van der Waals surface area contributed by atoms with Crippen molar-refractivity contribution < 1.29 is 14.7 Å². The second-order valence-electron chi connectivity index (χ2n) is 6.98. The number of H-pyrrole nitrogens is 1. The highest BCUT2D eigenvalue weighted by Crippen LogP contribution is 2.43. The SMILES string of the molecule is COc1cccc(-c2c(Sc3nc4ccccc4[nH]3)c3ccc(C(N)=O)cc3n2O)c1. The van der Waals surface area contributed by atoms with Crippen molar-refractivity contribution in [3.63, 3.8) is 0 Å². The predicted octanol–water partition coefficient (Wildman–Crippen LogP) is 4.68. The molecule has 0 aliphatic carbocycles. The van der Waals surface area contributed by atoms with Gasteiger partial charge < -0.3 is 20.7 Å². The minimum absolute atomic E-state index is 0.317. The Balaban J connectivity index is 1.74. The molecule has 0 spiro atoms. The van der Waals surface area contributed by atoms with Crippen LogP contribution in [-0.2, 0) is 0 Å². The Morgan fingerprint density at radius 2 is 1.97 bits per heavy atom. The van der Waals surface area contributed by atoms with Crippen LogP contribution >= 0.6 is 11.8 Å². The van der Waals surface area contributed by atoms with Crippen LogP contribution in [0.25, 0.3) is 33.2 Å². The van der Waals surface area contributed by atoms with Crippen molar-refractivity contribution in [2.45, 2.75) is 10.1 Å². The molecule has 0 radical (unpaired) electrons. The average molecular weight is 430 g/mol. The lowest BCUT2D eigenvalue weighted by atomic mass is 10.1. The van der Waals surface area contributed by atoms with Crippen LogP contribution in [0.4, 0.5) is 0 Å². The zero-order valence-electron chi connectivity index (χ0n) is 16.5. The molecule has 4 N–H and O–H groups in total. The normalized spacial score (nSPS) is 11.3. The number of hydrogen-bond donors (Lipinski definition) is 3. The molecule has 0 aliphatic heterocycles. The number of nitrogens with zero attached hydrogens (tertiary/aromatic N) is 2. The third-order valence-electron chi connectivity index (χ3n) is 5.09. The number of nitrogens with two attached hydrogens (primary N) is 1. The van der Waals surface area contributed by atoms with Crippen molar-refractivity contribution >= 4 is 39.6 Å². The van der Waals surface area contributed by atoms with Crippen molar-refractivity contribution in [1.29, 1.82) is 0 Å². The number of ether oxygens (including phenoxy) is 1. The van der Waals surface area contributed by atoms with Gasteiger partial charge in [-0.2, -0.15) is 4.73 Å². The molecule has 2 heterocycles. The number of aromatic nitrogens is 3. The number of hydrogen-bond acceptors (Lipinski definition) is 5. The zero-order chi connectivity index (χ0) is 21.5. The first-order chi connectivity index (χ1) is 15.0. The second kappa shape index (κ2) is 7.41. The fourth-order valence-corrected chi connectivity index (χ4v) is 4.68. The van der Waals surface area contributed by atoms with E-state index >= 15 is 0 Å². The molecule has 0 atom stereocenters. The molecular weight excluding hydrogens is 412 g/mol. The van der Waals surface area contributed by atoms with Crippen molar-refractivity contribution in [1.82, 2.24) is 14.7 Å². The lowest BCUT2D eigenvalue weighted by Crippen LogP contribution is -2.10. The second-order valence-corrected chi connectivity index (χ2v) is 7.98. The number of methoxy groups -OCH3 is 1. The van der Waals surface area contributed by atoms with Crippen molar-refractivity contribution in [2.75, 3.05) is 7.11 Å². The molecule has 0 unspecified atom stereocenters. The van der Waals surface area contributed by atoms with Crippen LogP contribution in [0.5, 0.6) is 5.75 Å². The van der Waals surface area contributed by atoms with Gasteiger partial charge >= 0.3 is 0 Å². The highest BCUT2D eigenvalue weighted by molar-refractivity contribution is 7.99. The van der Waals surface area contributed by atoms with Gasteiger partial charge in [0.15, 0.2) is 5.16 Å². The fraction of sp³-hybridized carbons (Fsp3) is 0.0435. The van der Waals surface area contributed by atoms with E-state index in [2.05, 4.69) is 9.97 Å². The molecule has 0 fully saturated rings. The summed E-state index contributed by atoms with van der Waals surface area (Å²) in [5, 5.41) is 12.6. The Hall–Kier alpha value is -3.91. The lowest BCUT2D eigenvalue weighted by Gasteiger charge is -2.08. The van der Waals surface area contributed by atoms with Crippen LogP contribution in [0.3, 0.4) is 0 Å². The molecule has 0 bridgehead atoms. The Bertz CT molecular complexity index is 1420. The molecule has 5 rings (SSSR count). The third-order valence-corrected chi connectivity index (χ3v) is 6.10. The molecule has 154 valence electrons. The number of imidazole rings is 1. The number of amides is 1. The standard InChI is InChI=1S/C23H18N4O3S/c1-30-15-6-4-5-13(11-15)20-21(31-23-25-17-7-2-3-8-18(17)26-23)16-10-9-14(22(24)28)12-19(16)27(20)29/h2-12,29H,1H3,(H2,24,28)(H,25,26). The zero-order valence-corrected chi connectivity index (χ0v) is 17.3. The molecule has 2 aromatic heterocycles. The topological polar surface area (TPSA) is 106 Å². The Morgan fingerprint density at radius 3 is 2.74 bits per heavy atom. The van der Waals surface area contributed by atoms with Crippen molar-refractivity contribution in [3.05, 3.63) is 72.3 Å². The molecule has 0 aliphatic rings. The van der Waals surface area contributed by atoms with Gasteiger partial charge in [0.25, 0.3) is 0 Å². The van der Waals surface area contributed by atoms with Gasteiger partial charge in [-0.25, -0.2) is 4.98 Å². The Morgan fingerprint density at radius 1 is 1.13 bits per heavy atom. The number of aromatic amines is 1. The molecule has 0 saturated heterocycles. The van der Waals surface area contributed by atoms with E-state index < -0.39 is 5.91 Å². The minimum Gasteiger partial charge on any atom is -0.497 e. The van der Waals surface area contributed by atoms with Gasteiger partial charge in [-0.05, 0) is 48.2 Å². The summed E-state index contributed by atoms with van der Waals surface area (Å²) in [5.41, 5.74) is 9.36. The number of primary amides is 1. The van der Waals surface area contributed by atoms with E-state index in [0.29, 0.717) is 27.7 Å². The van der Waals surface area contributed by atoms with E-state index in [1.165, 1.54) is 11.8 Å². The largest absolute Gasteiger partial charge is 0.497 e. The van der Waals surface area contributed by atoms with E-state index in [4.69, 9.17) is 10.5 Å². The first-order valence-electron chi connectivity index (χ1n) is 9.49. The number of benzene rings is 3. The van der Waals surface area contributed by atoms with Gasteiger partial charge in [0, 0.05) is 16.5 Å². The average Bonchev–Trinajstić information content (AvgIpc) is 3.32. The smallest absolute Gasteiger partial charge is 0.248 e. The van der Waals surface area contributed by atoms with E-state index in [0.717, 1.165) is 31.6 Å². The molecule has 31 heavy (non-hydrogen) atoms. The Labute approximate surface area is 181 Å². The number of carbonyl (C=O) groups excluding carboxylic acids is 1. The molecule has 5 aromatic rings. The highest BCUT2D eigenvalue weighted by Gasteiger charge is 2.22. The number of carbonyl (C=O) groups is 1. The first kappa shape index (κ1) is 19.1. The summed E-state index contributed by atoms with van der Waals surface area (Å²) in [5.74, 6) is 0.109. The summed E-state index contributed by atoms with van der Waals surface area (Å²) < 4.78 is 6.45. The van der Waals surface area contributed by atoms with Crippen LogP contribution in [0.1, 0.15) is 10.4 Å². The van der Waals surface area contributed by atoms with Gasteiger partial charge in [0.2, 0.25) is 5.91 Å². The molecule has 0 saturated carbocycles. The summed E-state index contributed by atoms with van der Waals surface area (Å²) in [4.78, 5) is 20.4. The van der Waals surface area contributed by atoms with Gasteiger partial charge in [-0.15, -0.1) is 0 Å². The summed E-state index contributed by atoms with van der Waals surface area (Å²) in [6, 6.07) is 20.2. The van der Waals surface area contributed by atoms with Crippen LogP contribution in [0, 0.1) is 0 Å². The van der Waals surface area contributed by atoms with E-state index in [1.54, 1.807) is 25.3 Å². The van der Waals surface area contributed by atoms with Gasteiger partial charge in [0.05, 0.1) is 28.6 Å². The summed E-state index contributed by atoms with van der Waals surface area (Å²) >= 11 is 1.41. The van der Waals surface area contributed by atoms with Gasteiger partial charge in [0.1, 0.15) is 11.4 Å². The maximum Gasteiger partial charge on any atom is 0.248 e. The number of rotatable bonds is 5. The van der Waals surface area contributed by atoms with Crippen molar-refractivity contribution in [2.24, 2.45) is 5.73 Å². The summed E-state index contributed by atoms with van der Waals surface area (Å²) in [7, 11) is 1.59. The quantitative estimate of drug-likeness (QED) is 0.351. The van der Waals surface area contributed by atoms with Crippen LogP contribution in [-0.4, -0.2) is 32.9 Å². The van der Waals surface area contributed by atoms with Crippen LogP contribution < -0.4 is 10.5 Å². The fourth-order valence-electron chi connectivity index (χ4n) is 3.60. The number of nitrogens with one attached hydrogen (secondary N) is 1. The summed E-state index contributed by atoms with van der Waals surface area (Å²) in [6.07, 6.45) is 0. The highest BCUT2D eigenvalue weighted by atomic mass is 32.2. The van der Waals surface area contributed by atoms with Gasteiger partial charge in [-0.1, -0.05) is 30.3 Å². The number of para-hydroxylation sites is 2. The molecule has 7 nitrogen and oxygen atoms in total. The van der Waals surface area contributed by atoms with Crippen LogP contribution in [0.15, 0.2) is 76.8 Å². The Kier molecular flexibility index (Phi) is 4.56. The first-order valence-corrected chi connectivity index (χ1v) is 10.3. The molecule has 3 aromatic carbocycles. The molecular formula is C23H18N4O3S. The van der Waals surface area contributed by atoms with Gasteiger partial charge in [-0.3, -0.25) is 4.79 Å². The maximum absolute atomic E-state index is 11.7. The molecule has 8 heteroatoms. The lowest BCUT2D eigenvalue weighted by molar-refractivity contribution is 0.100. The van der Waals surface area contributed by atoms with E-state index in [9.17, 15) is 10.0 Å². The third kappa shape index (κ3) is 3.27. The molecule has 1 amide bonds. The van der Waals surface area contributed by atoms with Crippen molar-refractivity contribution in [3.8, 4) is 17.0 Å². The summed E-state index contributed by atoms with van der Waals surface area (Å²) in [6.45, 7) is 0. The van der Waals surface area contributed by atoms with Crippen LogP contribution in [0.2, 0.25) is 0 Å². The van der Waals surface area contributed by atoms with E-state index in [-0.39, 0.29) is 0 Å². The minimum atomic E-state index is -0.558. The maximum atomic E-state index is 11.7. The predicted molar refractivity (Wildman–Crippen MR) is 120 cm³/mol.